The molecule has 2 aromatic carbocycles. The van der Waals surface area contributed by atoms with Crippen LogP contribution in [-0.4, -0.2) is 0 Å². The van der Waals surface area contributed by atoms with Crippen LogP contribution >= 0.6 is 46.4 Å². The maximum absolute atomic E-state index is 14.2. The first-order valence-corrected chi connectivity index (χ1v) is 6.69. The van der Waals surface area contributed by atoms with E-state index in [2.05, 4.69) is 0 Å². The minimum absolute atomic E-state index is 0.0889. The summed E-state index contributed by atoms with van der Waals surface area (Å²) in [5, 5.41) is 0.955. The van der Waals surface area contributed by atoms with Crippen LogP contribution in [0.25, 0.3) is 11.1 Å². The van der Waals surface area contributed by atoms with Gasteiger partial charge in [-0.1, -0.05) is 53.0 Å². The molecule has 94 valence electrons. The first-order valence-electron chi connectivity index (χ1n) is 5.03. The van der Waals surface area contributed by atoms with Crippen LogP contribution in [0, 0.1) is 5.82 Å². The van der Waals surface area contributed by atoms with E-state index in [9.17, 15) is 4.39 Å². The topological polar surface area (TPSA) is 0 Å². The smallest absolute Gasteiger partial charge is 0.135 e. The molecule has 0 aromatic heterocycles. The van der Waals surface area contributed by atoms with Gasteiger partial charge in [-0.25, -0.2) is 4.39 Å². The Kier molecular flexibility index (Phi) is 4.39. The van der Waals surface area contributed by atoms with Crippen molar-refractivity contribution in [3.63, 3.8) is 0 Å². The maximum atomic E-state index is 14.2. The molecule has 0 amide bonds. The van der Waals surface area contributed by atoms with Crippen LogP contribution in [0.1, 0.15) is 5.56 Å². The number of hydrogen-bond acceptors (Lipinski definition) is 0. The van der Waals surface area contributed by atoms with Gasteiger partial charge >= 0.3 is 0 Å². The van der Waals surface area contributed by atoms with Gasteiger partial charge in [-0.3, -0.25) is 0 Å². The Morgan fingerprint density at radius 1 is 1.00 bits per heavy atom. The van der Waals surface area contributed by atoms with Crippen molar-refractivity contribution in [3.05, 3.63) is 56.8 Å². The molecule has 0 atom stereocenters. The van der Waals surface area contributed by atoms with Crippen molar-refractivity contribution in [3.8, 4) is 11.1 Å². The summed E-state index contributed by atoms with van der Waals surface area (Å²) in [5.41, 5.74) is 1.20. The fraction of sp³-hybridized carbons (Fsp3) is 0.0769. The van der Waals surface area contributed by atoms with Gasteiger partial charge in [0.1, 0.15) is 5.82 Å². The second-order valence-electron chi connectivity index (χ2n) is 3.66. The molecule has 2 aromatic rings. The van der Waals surface area contributed by atoms with Crippen molar-refractivity contribution in [2.24, 2.45) is 0 Å². The minimum Gasteiger partial charge on any atom is -0.206 e. The summed E-state index contributed by atoms with van der Waals surface area (Å²) in [6.45, 7) is 0. The number of rotatable bonds is 2. The van der Waals surface area contributed by atoms with Gasteiger partial charge in [-0.15, -0.1) is 11.6 Å². The molecule has 0 fully saturated rings. The number of benzene rings is 2. The molecule has 2 rings (SSSR count). The summed E-state index contributed by atoms with van der Waals surface area (Å²) in [6.07, 6.45) is 0. The van der Waals surface area contributed by atoms with E-state index >= 15 is 0 Å². The Balaban J connectivity index is 2.69. The van der Waals surface area contributed by atoms with Gasteiger partial charge in [0.2, 0.25) is 0 Å². The highest BCUT2D eigenvalue weighted by Crippen LogP contribution is 2.38. The molecule has 0 nitrogen and oxygen atoms in total. The zero-order valence-corrected chi connectivity index (χ0v) is 12.0. The van der Waals surface area contributed by atoms with Gasteiger partial charge in [0.25, 0.3) is 0 Å². The van der Waals surface area contributed by atoms with Gasteiger partial charge in [-0.2, -0.15) is 0 Å². The van der Waals surface area contributed by atoms with Crippen molar-refractivity contribution in [1.82, 2.24) is 0 Å². The molecule has 0 heterocycles. The Bertz CT molecular complexity index is 596. The quantitative estimate of drug-likeness (QED) is 0.456. The molecule has 5 heteroatoms. The van der Waals surface area contributed by atoms with Gasteiger partial charge in [-0.05, 0) is 12.1 Å². The fourth-order valence-corrected chi connectivity index (χ4v) is 2.55. The summed E-state index contributed by atoms with van der Waals surface area (Å²) < 4.78 is 14.2. The summed E-state index contributed by atoms with van der Waals surface area (Å²) in [4.78, 5) is 0. The minimum atomic E-state index is -0.410. The third kappa shape index (κ3) is 2.60. The summed E-state index contributed by atoms with van der Waals surface area (Å²) in [5.74, 6) is -0.321. The zero-order valence-electron chi connectivity index (χ0n) is 8.98. The van der Waals surface area contributed by atoms with Crippen LogP contribution in [0.3, 0.4) is 0 Å². The second-order valence-corrected chi connectivity index (χ2v) is 5.15. The lowest BCUT2D eigenvalue weighted by Crippen LogP contribution is -1.92. The number of halogens is 5. The fourth-order valence-electron chi connectivity index (χ4n) is 1.64. The van der Waals surface area contributed by atoms with Gasteiger partial charge in [0.05, 0.1) is 15.9 Å². The van der Waals surface area contributed by atoms with E-state index in [0.29, 0.717) is 21.7 Å². The molecule has 0 aliphatic carbocycles. The lowest BCUT2D eigenvalue weighted by molar-refractivity contribution is 0.620. The third-order valence-corrected chi connectivity index (χ3v) is 3.81. The first-order chi connectivity index (χ1) is 8.54. The molecule has 0 aliphatic rings. The second kappa shape index (κ2) is 5.66. The SMILES string of the molecule is Fc1c(CCl)cccc1-c1cc(Cl)cc(Cl)c1Cl. The van der Waals surface area contributed by atoms with E-state index in [1.54, 1.807) is 24.3 Å². The van der Waals surface area contributed by atoms with Crippen LogP contribution in [0.15, 0.2) is 30.3 Å². The molecule has 0 saturated carbocycles. The molecule has 0 spiro atoms. The first kappa shape index (κ1) is 14.0. The molecule has 0 aliphatic heterocycles. The third-order valence-electron chi connectivity index (χ3n) is 2.51. The van der Waals surface area contributed by atoms with Crippen molar-refractivity contribution in [2.45, 2.75) is 5.88 Å². The van der Waals surface area contributed by atoms with Crippen LogP contribution in [-0.2, 0) is 5.88 Å². The van der Waals surface area contributed by atoms with E-state index in [0.717, 1.165) is 0 Å². The normalized spacial score (nSPS) is 10.7. The van der Waals surface area contributed by atoms with E-state index in [-0.39, 0.29) is 15.9 Å². The molecule has 0 unspecified atom stereocenters. The van der Waals surface area contributed by atoms with Crippen LogP contribution < -0.4 is 0 Å². The standard InChI is InChI=1S/C13H7Cl4F/c14-6-7-2-1-3-9(13(7)18)10-4-8(15)5-11(16)12(10)17/h1-5H,6H2. The highest BCUT2D eigenvalue weighted by molar-refractivity contribution is 6.45. The average Bonchev–Trinajstić information content (AvgIpc) is 2.34. The average molecular weight is 324 g/mol. The van der Waals surface area contributed by atoms with Gasteiger partial charge in [0, 0.05) is 21.7 Å². The van der Waals surface area contributed by atoms with Crippen LogP contribution in [0.5, 0.6) is 0 Å². The molecular formula is C13H7Cl4F. The van der Waals surface area contributed by atoms with Crippen LogP contribution in [0.4, 0.5) is 4.39 Å². The van der Waals surface area contributed by atoms with E-state index in [4.69, 9.17) is 46.4 Å². The lowest BCUT2D eigenvalue weighted by atomic mass is 10.0. The molecule has 0 saturated heterocycles. The van der Waals surface area contributed by atoms with Gasteiger partial charge in [0.15, 0.2) is 0 Å². The Morgan fingerprint density at radius 3 is 2.39 bits per heavy atom. The number of hydrogen-bond donors (Lipinski definition) is 0. The zero-order chi connectivity index (χ0) is 13.3. The highest BCUT2D eigenvalue weighted by atomic mass is 35.5. The van der Waals surface area contributed by atoms with Crippen molar-refractivity contribution in [1.29, 1.82) is 0 Å². The molecule has 0 bridgehead atoms. The Hall–Kier alpha value is -0.470. The number of alkyl halides is 1. The largest absolute Gasteiger partial charge is 0.206 e. The summed E-state index contributed by atoms with van der Waals surface area (Å²) in [6, 6.07) is 8.02. The monoisotopic (exact) mass is 322 g/mol. The van der Waals surface area contributed by atoms with Crippen molar-refractivity contribution < 1.29 is 4.39 Å². The Labute approximate surface area is 124 Å². The molecule has 0 radical (unpaired) electrons. The predicted molar refractivity (Wildman–Crippen MR) is 76.4 cm³/mol. The molecule has 0 N–H and O–H groups in total. The Morgan fingerprint density at radius 2 is 1.72 bits per heavy atom. The lowest BCUT2D eigenvalue weighted by Gasteiger charge is -2.10. The molecular weight excluding hydrogens is 317 g/mol. The highest BCUT2D eigenvalue weighted by Gasteiger charge is 2.14. The van der Waals surface area contributed by atoms with E-state index in [1.807, 2.05) is 0 Å². The van der Waals surface area contributed by atoms with E-state index in [1.165, 1.54) is 6.07 Å². The maximum Gasteiger partial charge on any atom is 0.135 e. The van der Waals surface area contributed by atoms with Crippen molar-refractivity contribution >= 4 is 46.4 Å². The predicted octanol–water partition coefficient (Wildman–Crippen LogP) is 6.19. The van der Waals surface area contributed by atoms with E-state index < -0.39 is 5.82 Å². The molecule has 18 heavy (non-hydrogen) atoms. The van der Waals surface area contributed by atoms with Gasteiger partial charge < -0.3 is 0 Å². The van der Waals surface area contributed by atoms with Crippen molar-refractivity contribution in [2.75, 3.05) is 0 Å². The van der Waals surface area contributed by atoms with Crippen LogP contribution in [0.2, 0.25) is 15.1 Å². The summed E-state index contributed by atoms with van der Waals surface area (Å²) in [7, 11) is 0. The summed E-state index contributed by atoms with van der Waals surface area (Å²) >= 11 is 23.6.